The fourth-order valence-electron chi connectivity index (χ4n) is 2.04. The molecule has 0 aliphatic rings. The first-order chi connectivity index (χ1) is 9.83. The van der Waals surface area contributed by atoms with E-state index in [-0.39, 0.29) is 12.4 Å². The molecule has 0 atom stereocenters. The van der Waals surface area contributed by atoms with Crippen LogP contribution < -0.4 is 5.62 Å². The maximum absolute atomic E-state index is 8.13. The zero-order valence-electron chi connectivity index (χ0n) is 11.4. The molecule has 21 heavy (non-hydrogen) atoms. The highest BCUT2D eigenvalue weighted by molar-refractivity contribution is 5.85. The van der Waals surface area contributed by atoms with Gasteiger partial charge in [0.25, 0.3) is 0 Å². The molecule has 0 amide bonds. The van der Waals surface area contributed by atoms with Crippen LogP contribution >= 0.6 is 12.4 Å². The van der Waals surface area contributed by atoms with E-state index >= 15 is 0 Å². The van der Waals surface area contributed by atoms with Gasteiger partial charge in [-0.3, -0.25) is 5.41 Å². The highest BCUT2D eigenvalue weighted by Gasteiger charge is 2.04. The van der Waals surface area contributed by atoms with Crippen molar-refractivity contribution >= 4 is 12.4 Å². The molecule has 0 aliphatic heterocycles. The molecule has 0 unspecified atom stereocenters. The molecular formula is C15H16ClN5. The SMILES string of the molecule is Cl.N=c1n(Cc2ccccc2)nnn1Cc1ccccc1. The summed E-state index contributed by atoms with van der Waals surface area (Å²) in [4.78, 5) is 0. The standard InChI is InChI=1S/C15H15N5.ClH/c16-15-19(11-13-7-3-1-4-8-13)17-18-20(15)12-14-9-5-2-6-10-14;/h1-10,16H,11-12H2;1H. The summed E-state index contributed by atoms with van der Waals surface area (Å²) in [5, 5.41) is 16.2. The minimum Gasteiger partial charge on any atom is -0.266 e. The van der Waals surface area contributed by atoms with Gasteiger partial charge in [0, 0.05) is 0 Å². The van der Waals surface area contributed by atoms with Crippen LogP contribution in [-0.4, -0.2) is 19.8 Å². The first kappa shape index (κ1) is 15.0. The van der Waals surface area contributed by atoms with E-state index in [4.69, 9.17) is 5.41 Å². The summed E-state index contributed by atoms with van der Waals surface area (Å²) in [6.07, 6.45) is 0. The number of halogens is 1. The predicted molar refractivity (Wildman–Crippen MR) is 82.2 cm³/mol. The molecule has 6 heteroatoms. The van der Waals surface area contributed by atoms with Crippen molar-refractivity contribution in [2.75, 3.05) is 0 Å². The molecule has 3 rings (SSSR count). The summed E-state index contributed by atoms with van der Waals surface area (Å²) >= 11 is 0. The summed E-state index contributed by atoms with van der Waals surface area (Å²) in [5.74, 6) is 0. The van der Waals surface area contributed by atoms with Crippen LogP contribution in [0.4, 0.5) is 0 Å². The average Bonchev–Trinajstić information content (AvgIpc) is 2.83. The fourth-order valence-corrected chi connectivity index (χ4v) is 2.04. The summed E-state index contributed by atoms with van der Waals surface area (Å²) in [7, 11) is 0. The Morgan fingerprint density at radius 2 is 1.10 bits per heavy atom. The molecular weight excluding hydrogens is 286 g/mol. The second-order valence-electron chi connectivity index (χ2n) is 4.59. The first-order valence-electron chi connectivity index (χ1n) is 6.46. The molecule has 1 heterocycles. The Hall–Kier alpha value is -2.40. The van der Waals surface area contributed by atoms with Crippen LogP contribution in [0.3, 0.4) is 0 Å². The van der Waals surface area contributed by atoms with Crippen molar-refractivity contribution in [2.45, 2.75) is 13.1 Å². The highest BCUT2D eigenvalue weighted by Crippen LogP contribution is 2.00. The summed E-state index contributed by atoms with van der Waals surface area (Å²) in [6, 6.07) is 19.9. The minimum absolute atomic E-state index is 0. The summed E-state index contributed by atoms with van der Waals surface area (Å²) in [5.41, 5.74) is 2.52. The van der Waals surface area contributed by atoms with Crippen molar-refractivity contribution in [1.29, 1.82) is 5.41 Å². The van der Waals surface area contributed by atoms with E-state index in [1.54, 1.807) is 9.36 Å². The van der Waals surface area contributed by atoms with Gasteiger partial charge in [-0.05, 0) is 21.6 Å². The van der Waals surface area contributed by atoms with E-state index in [0.717, 1.165) is 11.1 Å². The maximum Gasteiger partial charge on any atom is 0.239 e. The quantitative estimate of drug-likeness (QED) is 0.802. The summed E-state index contributed by atoms with van der Waals surface area (Å²) < 4.78 is 3.19. The lowest BCUT2D eigenvalue weighted by Gasteiger charge is -2.01. The van der Waals surface area contributed by atoms with Crippen molar-refractivity contribution in [3.8, 4) is 0 Å². The molecule has 0 saturated carbocycles. The zero-order chi connectivity index (χ0) is 13.8. The van der Waals surface area contributed by atoms with Crippen molar-refractivity contribution < 1.29 is 0 Å². The van der Waals surface area contributed by atoms with Crippen molar-refractivity contribution in [3.63, 3.8) is 0 Å². The first-order valence-corrected chi connectivity index (χ1v) is 6.46. The van der Waals surface area contributed by atoms with E-state index in [1.807, 2.05) is 60.7 Å². The largest absolute Gasteiger partial charge is 0.266 e. The Morgan fingerprint density at radius 3 is 1.48 bits per heavy atom. The van der Waals surface area contributed by atoms with Crippen LogP contribution in [0.2, 0.25) is 0 Å². The number of nitrogens with one attached hydrogen (secondary N) is 1. The van der Waals surface area contributed by atoms with Crippen LogP contribution in [0.15, 0.2) is 60.7 Å². The lowest BCUT2D eigenvalue weighted by molar-refractivity contribution is 0.606. The third-order valence-electron chi connectivity index (χ3n) is 3.10. The lowest BCUT2D eigenvalue weighted by atomic mass is 10.2. The molecule has 2 aromatic carbocycles. The van der Waals surface area contributed by atoms with Crippen molar-refractivity contribution in [3.05, 3.63) is 77.4 Å². The van der Waals surface area contributed by atoms with Gasteiger partial charge in [0.2, 0.25) is 5.62 Å². The highest BCUT2D eigenvalue weighted by atomic mass is 35.5. The van der Waals surface area contributed by atoms with E-state index in [1.165, 1.54) is 0 Å². The molecule has 0 fully saturated rings. The van der Waals surface area contributed by atoms with Gasteiger partial charge in [0.15, 0.2) is 0 Å². The Balaban J connectivity index is 0.00000161. The number of hydrogen-bond donors (Lipinski definition) is 1. The van der Waals surface area contributed by atoms with E-state index < -0.39 is 0 Å². The Labute approximate surface area is 128 Å². The number of hydrogen-bond acceptors (Lipinski definition) is 3. The molecule has 1 N–H and O–H groups in total. The molecule has 1 aromatic heterocycles. The molecule has 0 spiro atoms. The molecule has 0 bridgehead atoms. The fraction of sp³-hybridized carbons (Fsp3) is 0.133. The van der Waals surface area contributed by atoms with Crippen LogP contribution in [0.5, 0.6) is 0 Å². The molecule has 0 aliphatic carbocycles. The van der Waals surface area contributed by atoms with E-state index in [9.17, 15) is 0 Å². The van der Waals surface area contributed by atoms with Gasteiger partial charge in [-0.1, -0.05) is 60.7 Å². The molecule has 108 valence electrons. The van der Waals surface area contributed by atoms with Crippen molar-refractivity contribution in [2.24, 2.45) is 0 Å². The number of nitrogens with zero attached hydrogens (tertiary/aromatic N) is 4. The van der Waals surface area contributed by atoms with E-state index in [0.29, 0.717) is 18.7 Å². The molecule has 3 aromatic rings. The average molecular weight is 302 g/mol. The molecule has 0 radical (unpaired) electrons. The normalized spacial score (nSPS) is 10.1. The Bertz CT molecular complexity index is 672. The second kappa shape index (κ2) is 6.85. The van der Waals surface area contributed by atoms with Crippen LogP contribution in [0.1, 0.15) is 11.1 Å². The van der Waals surface area contributed by atoms with Gasteiger partial charge in [0.05, 0.1) is 13.1 Å². The maximum atomic E-state index is 8.13. The topological polar surface area (TPSA) is 59.5 Å². The number of tetrazole rings is 1. The van der Waals surface area contributed by atoms with Crippen LogP contribution in [0.25, 0.3) is 0 Å². The van der Waals surface area contributed by atoms with E-state index in [2.05, 4.69) is 10.4 Å². The number of benzene rings is 2. The summed E-state index contributed by atoms with van der Waals surface area (Å²) in [6.45, 7) is 1.13. The van der Waals surface area contributed by atoms with Crippen LogP contribution in [0, 0.1) is 5.41 Å². The number of aromatic nitrogens is 4. The van der Waals surface area contributed by atoms with Gasteiger partial charge in [-0.25, -0.2) is 9.36 Å². The van der Waals surface area contributed by atoms with Gasteiger partial charge >= 0.3 is 0 Å². The minimum atomic E-state index is 0. The number of rotatable bonds is 4. The smallest absolute Gasteiger partial charge is 0.239 e. The van der Waals surface area contributed by atoms with Gasteiger partial charge in [-0.15, -0.1) is 12.4 Å². The monoisotopic (exact) mass is 301 g/mol. The van der Waals surface area contributed by atoms with Crippen molar-refractivity contribution in [1.82, 2.24) is 19.8 Å². The lowest BCUT2D eigenvalue weighted by Crippen LogP contribution is -2.26. The Morgan fingerprint density at radius 1 is 0.714 bits per heavy atom. The second-order valence-corrected chi connectivity index (χ2v) is 4.59. The Kier molecular flexibility index (Phi) is 4.90. The zero-order valence-corrected chi connectivity index (χ0v) is 12.2. The third kappa shape index (κ3) is 3.58. The van der Waals surface area contributed by atoms with Crippen LogP contribution in [-0.2, 0) is 13.1 Å². The van der Waals surface area contributed by atoms with Gasteiger partial charge < -0.3 is 0 Å². The molecule has 5 nitrogen and oxygen atoms in total. The molecule has 0 saturated heterocycles. The third-order valence-corrected chi connectivity index (χ3v) is 3.10. The van der Waals surface area contributed by atoms with Gasteiger partial charge in [-0.2, -0.15) is 0 Å². The van der Waals surface area contributed by atoms with Gasteiger partial charge in [0.1, 0.15) is 0 Å². The predicted octanol–water partition coefficient (Wildman–Crippen LogP) is 2.08.